The second kappa shape index (κ2) is 34.6. The van der Waals surface area contributed by atoms with Crippen LogP contribution in [0.2, 0.25) is 0 Å². The van der Waals surface area contributed by atoms with Crippen molar-refractivity contribution in [1.82, 2.24) is 25.8 Å². The number of carboxylic acids is 1. The van der Waals surface area contributed by atoms with Gasteiger partial charge in [-0.1, -0.05) is 57.8 Å². The van der Waals surface area contributed by atoms with E-state index in [2.05, 4.69) is 16.0 Å². The second-order valence-electron chi connectivity index (χ2n) is 22.1. The summed E-state index contributed by atoms with van der Waals surface area (Å²) in [5.41, 5.74) is -2.69. The van der Waals surface area contributed by atoms with Crippen LogP contribution < -0.4 is 16.0 Å². The van der Waals surface area contributed by atoms with Gasteiger partial charge in [-0.25, -0.2) is 14.4 Å². The molecule has 0 aromatic carbocycles. The molecule has 0 aliphatic heterocycles. The van der Waals surface area contributed by atoms with Gasteiger partial charge in [0, 0.05) is 65.0 Å². The summed E-state index contributed by atoms with van der Waals surface area (Å²) in [6, 6.07) is -0.986. The van der Waals surface area contributed by atoms with Crippen LogP contribution in [0.3, 0.4) is 0 Å². The average Bonchev–Trinajstić information content (AvgIpc) is 3.20. The molecular weight excluding hydrogens is 903 g/mol. The zero-order valence-corrected chi connectivity index (χ0v) is 45.4. The number of ether oxygens (including phenoxy) is 4. The number of hydrogen-bond acceptors (Lipinski definition) is 12. The Hall–Kier alpha value is -4.64. The molecule has 0 fully saturated rings. The number of esters is 2. The van der Waals surface area contributed by atoms with Crippen molar-refractivity contribution < 1.29 is 62.4 Å². The van der Waals surface area contributed by atoms with Crippen LogP contribution in [-0.4, -0.2) is 130 Å². The SMILES string of the molecule is CC(C)(C)OC(=O)CCCCCCCCCCCCCC(=O)NC(CCC(=O)NCCCN(CCCCN(CCCNC(=O)CCC(=O)O)C(=O)OC(C)(C)C)C(=O)OC(C)(C)C)C(=O)OC(C)(C)C. The summed E-state index contributed by atoms with van der Waals surface area (Å²) < 4.78 is 22.2. The monoisotopic (exact) mass is 998 g/mol. The summed E-state index contributed by atoms with van der Waals surface area (Å²) in [5.74, 6) is -2.74. The Bertz CT molecular complexity index is 1580. The third kappa shape index (κ3) is 40.1. The van der Waals surface area contributed by atoms with Crippen LogP contribution in [0.25, 0.3) is 0 Å². The summed E-state index contributed by atoms with van der Waals surface area (Å²) in [6.07, 6.45) is 12.6. The number of amides is 5. The normalized spacial score (nSPS) is 12.3. The van der Waals surface area contributed by atoms with Crippen LogP contribution >= 0.6 is 0 Å². The molecule has 406 valence electrons. The largest absolute Gasteiger partial charge is 0.481 e. The van der Waals surface area contributed by atoms with Gasteiger partial charge in [0.05, 0.1) is 6.42 Å². The van der Waals surface area contributed by atoms with Crippen molar-refractivity contribution >= 4 is 47.8 Å². The van der Waals surface area contributed by atoms with Gasteiger partial charge in [-0.05, 0) is 128 Å². The van der Waals surface area contributed by atoms with Crippen molar-refractivity contribution in [2.75, 3.05) is 39.3 Å². The molecule has 5 amide bonds. The minimum atomic E-state index is -1.06. The standard InChI is InChI=1S/C52H95N5O13/c1-49(2,3)67-45(63)29-23-21-19-17-15-13-14-16-18-20-22-28-43(60)55-40(46(64)68-50(4,5)6)30-31-41(58)53-34-26-38-56(47(65)69-51(7,8)9)36-24-25-37-57(48(66)70-52(10,11)12)39-27-35-54-42(59)32-33-44(61)62/h40H,13-39H2,1-12H3,(H,53,58)(H,54,59)(H,55,60)(H,61,62). The van der Waals surface area contributed by atoms with E-state index in [1.807, 2.05) is 20.8 Å². The maximum atomic E-state index is 13.2. The predicted molar refractivity (Wildman–Crippen MR) is 270 cm³/mol. The van der Waals surface area contributed by atoms with Crippen molar-refractivity contribution in [3.8, 4) is 0 Å². The number of rotatable bonds is 35. The van der Waals surface area contributed by atoms with Crippen molar-refractivity contribution in [1.29, 1.82) is 0 Å². The fraction of sp³-hybridized carbons (Fsp3) is 0.846. The number of hydrogen-bond donors (Lipinski definition) is 4. The van der Waals surface area contributed by atoms with Crippen LogP contribution in [0.5, 0.6) is 0 Å². The van der Waals surface area contributed by atoms with E-state index in [-0.39, 0.29) is 75.4 Å². The Morgan fingerprint density at radius 1 is 0.414 bits per heavy atom. The quantitative estimate of drug-likeness (QED) is 0.0264. The van der Waals surface area contributed by atoms with Crippen LogP contribution in [0.15, 0.2) is 0 Å². The molecular formula is C52H95N5O13. The van der Waals surface area contributed by atoms with Crippen LogP contribution in [-0.2, 0) is 47.7 Å². The molecule has 0 aliphatic rings. The van der Waals surface area contributed by atoms with E-state index in [1.54, 1.807) is 72.1 Å². The zero-order valence-electron chi connectivity index (χ0n) is 45.4. The molecule has 18 heteroatoms. The highest BCUT2D eigenvalue weighted by Crippen LogP contribution is 2.17. The number of carbonyl (C=O) groups is 8. The van der Waals surface area contributed by atoms with Gasteiger partial charge in [0.25, 0.3) is 0 Å². The van der Waals surface area contributed by atoms with E-state index < -0.39 is 52.6 Å². The number of aliphatic carboxylic acids is 1. The molecule has 18 nitrogen and oxygen atoms in total. The third-order valence-electron chi connectivity index (χ3n) is 10.2. The average molecular weight is 998 g/mol. The first-order chi connectivity index (χ1) is 32.5. The summed E-state index contributed by atoms with van der Waals surface area (Å²) >= 11 is 0. The predicted octanol–water partition coefficient (Wildman–Crippen LogP) is 9.14. The fourth-order valence-corrected chi connectivity index (χ4v) is 6.94. The highest BCUT2D eigenvalue weighted by Gasteiger charge is 2.28. The molecule has 0 radical (unpaired) electrons. The van der Waals surface area contributed by atoms with E-state index in [9.17, 15) is 38.4 Å². The van der Waals surface area contributed by atoms with Gasteiger partial charge in [0.2, 0.25) is 17.7 Å². The number of nitrogens with one attached hydrogen (secondary N) is 3. The molecule has 70 heavy (non-hydrogen) atoms. The molecule has 0 aliphatic carbocycles. The molecule has 0 aromatic heterocycles. The Balaban J connectivity index is 4.97. The lowest BCUT2D eigenvalue weighted by Crippen LogP contribution is -2.44. The lowest BCUT2D eigenvalue weighted by Gasteiger charge is -2.29. The van der Waals surface area contributed by atoms with Gasteiger partial charge in [-0.3, -0.25) is 24.0 Å². The van der Waals surface area contributed by atoms with Crippen LogP contribution in [0, 0.1) is 0 Å². The van der Waals surface area contributed by atoms with E-state index in [0.717, 1.165) is 57.8 Å². The molecule has 0 bridgehead atoms. The first-order valence-electron chi connectivity index (χ1n) is 25.9. The van der Waals surface area contributed by atoms with Gasteiger partial charge in [-0.15, -0.1) is 0 Å². The van der Waals surface area contributed by atoms with E-state index in [1.165, 1.54) is 6.42 Å². The Labute approximate surface area is 420 Å². The number of unbranched alkanes of at least 4 members (excludes halogenated alkanes) is 11. The van der Waals surface area contributed by atoms with Gasteiger partial charge in [0.15, 0.2) is 0 Å². The van der Waals surface area contributed by atoms with Crippen molar-refractivity contribution in [3.05, 3.63) is 0 Å². The van der Waals surface area contributed by atoms with Crippen molar-refractivity contribution in [2.24, 2.45) is 0 Å². The van der Waals surface area contributed by atoms with E-state index >= 15 is 0 Å². The molecule has 1 atom stereocenters. The second-order valence-corrected chi connectivity index (χ2v) is 22.1. The van der Waals surface area contributed by atoms with Crippen LogP contribution in [0.4, 0.5) is 9.59 Å². The minimum Gasteiger partial charge on any atom is -0.481 e. The van der Waals surface area contributed by atoms with Gasteiger partial charge < -0.3 is 49.8 Å². The summed E-state index contributed by atoms with van der Waals surface area (Å²) in [6.45, 7) is 23.2. The fourth-order valence-electron chi connectivity index (χ4n) is 6.94. The lowest BCUT2D eigenvalue weighted by atomic mass is 10.0. The zero-order chi connectivity index (χ0) is 53.4. The first kappa shape index (κ1) is 65.4. The molecule has 0 saturated carbocycles. The summed E-state index contributed by atoms with van der Waals surface area (Å²) in [5, 5.41) is 17.1. The molecule has 4 N–H and O–H groups in total. The van der Waals surface area contributed by atoms with Gasteiger partial charge in [0.1, 0.15) is 28.4 Å². The Morgan fingerprint density at radius 3 is 1.19 bits per heavy atom. The number of nitrogens with zero attached hydrogens (tertiary/aromatic N) is 2. The summed E-state index contributed by atoms with van der Waals surface area (Å²) in [4.78, 5) is 103. The molecule has 1 unspecified atom stereocenters. The highest BCUT2D eigenvalue weighted by atomic mass is 16.6. The maximum Gasteiger partial charge on any atom is 0.410 e. The molecule has 0 heterocycles. The Morgan fingerprint density at radius 2 is 0.786 bits per heavy atom. The maximum absolute atomic E-state index is 13.2. The van der Waals surface area contributed by atoms with Crippen molar-refractivity contribution in [2.45, 2.75) is 246 Å². The molecule has 0 saturated heterocycles. The van der Waals surface area contributed by atoms with E-state index in [0.29, 0.717) is 58.2 Å². The van der Waals surface area contributed by atoms with Gasteiger partial charge >= 0.3 is 30.1 Å². The molecule has 0 rings (SSSR count). The van der Waals surface area contributed by atoms with E-state index in [4.69, 9.17) is 24.1 Å². The number of carboxylic acid groups (broad SMARTS) is 1. The highest BCUT2D eigenvalue weighted by molar-refractivity contribution is 5.85. The lowest BCUT2D eigenvalue weighted by molar-refractivity contribution is -0.159. The number of carbonyl (C=O) groups excluding carboxylic acids is 7. The molecule has 0 aromatic rings. The molecule has 0 spiro atoms. The van der Waals surface area contributed by atoms with Gasteiger partial charge in [-0.2, -0.15) is 0 Å². The van der Waals surface area contributed by atoms with Crippen molar-refractivity contribution in [3.63, 3.8) is 0 Å². The topological polar surface area (TPSA) is 236 Å². The smallest absolute Gasteiger partial charge is 0.410 e. The Kier molecular flexibility index (Phi) is 32.3. The minimum absolute atomic E-state index is 0.0305. The summed E-state index contributed by atoms with van der Waals surface area (Å²) in [7, 11) is 0. The third-order valence-corrected chi connectivity index (χ3v) is 10.2. The first-order valence-corrected chi connectivity index (χ1v) is 25.9. The van der Waals surface area contributed by atoms with Crippen LogP contribution in [0.1, 0.15) is 218 Å².